The molecule has 0 unspecified atom stereocenters. The van der Waals surface area contributed by atoms with Crippen molar-refractivity contribution in [1.29, 1.82) is 0 Å². The van der Waals surface area contributed by atoms with Gasteiger partial charge in [0.05, 0.1) is 5.60 Å². The second-order valence-electron chi connectivity index (χ2n) is 6.21. The molecule has 1 amide bonds. The van der Waals surface area contributed by atoms with Crippen LogP contribution in [0.2, 0.25) is 0 Å². The summed E-state index contributed by atoms with van der Waals surface area (Å²) in [4.78, 5) is 15.5. The maximum atomic E-state index is 11.4. The first-order valence-corrected chi connectivity index (χ1v) is 8.43. The number of rotatable bonds is 6. The summed E-state index contributed by atoms with van der Waals surface area (Å²) >= 11 is 0. The average Bonchev–Trinajstić information content (AvgIpc) is 2.60. The quantitative estimate of drug-likeness (QED) is 0.874. The third kappa shape index (κ3) is 4.61. The molecule has 1 saturated heterocycles. The minimum atomic E-state index is -0.748. The minimum absolute atomic E-state index is 0.146. The monoisotopic (exact) mass is 320 g/mol. The Labute approximate surface area is 138 Å². The Kier molecular flexibility index (Phi) is 5.88. The number of carbonyl (C=O) groups excluding carboxylic acids is 1. The molecule has 0 atom stereocenters. The molecule has 1 heterocycles. The van der Waals surface area contributed by atoms with Gasteiger partial charge in [-0.1, -0.05) is 13.8 Å². The molecule has 1 aromatic rings. The molecule has 1 aromatic carbocycles. The number of aliphatic hydroxyl groups is 1. The van der Waals surface area contributed by atoms with Crippen LogP contribution in [-0.2, 0) is 4.79 Å². The fourth-order valence-corrected chi connectivity index (χ4v) is 2.70. The molecule has 0 spiro atoms. The number of nitrogens with zero attached hydrogens (tertiary/aromatic N) is 2. The zero-order chi connectivity index (χ0) is 16.9. The van der Waals surface area contributed by atoms with Gasteiger partial charge < -0.3 is 19.6 Å². The molecule has 1 aliphatic heterocycles. The van der Waals surface area contributed by atoms with Gasteiger partial charge in [0, 0.05) is 38.8 Å². The van der Waals surface area contributed by atoms with Gasteiger partial charge in [-0.3, -0.25) is 4.79 Å². The van der Waals surface area contributed by atoms with Crippen molar-refractivity contribution in [3.8, 4) is 5.75 Å². The van der Waals surface area contributed by atoms with Gasteiger partial charge in [-0.2, -0.15) is 0 Å². The fraction of sp³-hybridized carbons (Fsp3) is 0.611. The highest BCUT2D eigenvalue weighted by molar-refractivity contribution is 5.73. The van der Waals surface area contributed by atoms with Crippen LogP contribution in [0.3, 0.4) is 0 Å². The van der Waals surface area contributed by atoms with Gasteiger partial charge in [-0.25, -0.2) is 0 Å². The zero-order valence-corrected chi connectivity index (χ0v) is 14.4. The smallest absolute Gasteiger partial charge is 0.219 e. The van der Waals surface area contributed by atoms with Crippen LogP contribution in [-0.4, -0.2) is 54.3 Å². The number of anilines is 1. The van der Waals surface area contributed by atoms with Crippen LogP contribution in [0.1, 0.15) is 33.6 Å². The van der Waals surface area contributed by atoms with Crippen molar-refractivity contribution in [1.82, 2.24) is 4.90 Å². The Morgan fingerprint density at radius 1 is 1.13 bits per heavy atom. The third-order valence-electron chi connectivity index (χ3n) is 4.75. The van der Waals surface area contributed by atoms with E-state index in [1.54, 1.807) is 6.92 Å². The van der Waals surface area contributed by atoms with Crippen LogP contribution in [0, 0.1) is 0 Å². The first-order chi connectivity index (χ1) is 11.0. The van der Waals surface area contributed by atoms with E-state index >= 15 is 0 Å². The van der Waals surface area contributed by atoms with Crippen molar-refractivity contribution in [3.05, 3.63) is 24.3 Å². The topological polar surface area (TPSA) is 53.0 Å². The molecule has 0 bridgehead atoms. The van der Waals surface area contributed by atoms with Crippen molar-refractivity contribution in [3.63, 3.8) is 0 Å². The van der Waals surface area contributed by atoms with Crippen molar-refractivity contribution in [2.75, 3.05) is 37.7 Å². The summed E-state index contributed by atoms with van der Waals surface area (Å²) < 4.78 is 5.72. The van der Waals surface area contributed by atoms with Gasteiger partial charge in [-0.15, -0.1) is 0 Å². The number of carbonyl (C=O) groups is 1. The van der Waals surface area contributed by atoms with Crippen molar-refractivity contribution in [2.24, 2.45) is 0 Å². The Morgan fingerprint density at radius 2 is 1.70 bits per heavy atom. The summed E-state index contributed by atoms with van der Waals surface area (Å²) in [6, 6.07) is 7.96. The summed E-state index contributed by atoms with van der Waals surface area (Å²) in [5.41, 5.74) is 0.392. The normalized spacial score (nSPS) is 15.7. The lowest BCUT2D eigenvalue weighted by molar-refractivity contribution is -0.129. The van der Waals surface area contributed by atoms with Crippen LogP contribution in [0.15, 0.2) is 24.3 Å². The van der Waals surface area contributed by atoms with Gasteiger partial charge in [0.25, 0.3) is 0 Å². The predicted molar refractivity (Wildman–Crippen MR) is 91.9 cm³/mol. The van der Waals surface area contributed by atoms with Gasteiger partial charge in [-0.05, 0) is 37.1 Å². The number of amides is 1. The van der Waals surface area contributed by atoms with E-state index in [4.69, 9.17) is 4.74 Å². The standard InChI is InChI=1S/C18H28N2O3/c1-4-18(22,5-2)14-23-17-8-6-16(7-9-17)20-12-10-19(11-13-20)15(3)21/h6-9,22H,4-5,10-14H2,1-3H3. The van der Waals surface area contributed by atoms with Gasteiger partial charge in [0.15, 0.2) is 0 Å². The molecule has 5 heteroatoms. The molecule has 128 valence electrons. The second kappa shape index (κ2) is 7.68. The molecule has 0 saturated carbocycles. The van der Waals surface area contributed by atoms with E-state index in [1.165, 1.54) is 0 Å². The predicted octanol–water partition coefficient (Wildman–Crippen LogP) is 2.29. The summed E-state index contributed by atoms with van der Waals surface area (Å²) in [6.45, 7) is 9.12. The number of benzene rings is 1. The third-order valence-corrected chi connectivity index (χ3v) is 4.75. The van der Waals surface area contributed by atoms with E-state index < -0.39 is 5.60 Å². The van der Waals surface area contributed by atoms with Crippen LogP contribution >= 0.6 is 0 Å². The fourth-order valence-electron chi connectivity index (χ4n) is 2.70. The molecule has 1 aliphatic rings. The summed E-state index contributed by atoms with van der Waals surface area (Å²) in [5, 5.41) is 10.3. The van der Waals surface area contributed by atoms with Gasteiger partial charge in [0.1, 0.15) is 12.4 Å². The van der Waals surface area contributed by atoms with Gasteiger partial charge in [0.2, 0.25) is 5.91 Å². The Hall–Kier alpha value is -1.75. The summed E-state index contributed by atoms with van der Waals surface area (Å²) in [6.07, 6.45) is 1.37. The van der Waals surface area contributed by atoms with Crippen molar-refractivity contribution < 1.29 is 14.6 Å². The first-order valence-electron chi connectivity index (χ1n) is 8.43. The highest BCUT2D eigenvalue weighted by Gasteiger charge is 2.23. The van der Waals surface area contributed by atoms with Crippen molar-refractivity contribution >= 4 is 11.6 Å². The van der Waals surface area contributed by atoms with E-state index in [-0.39, 0.29) is 5.91 Å². The molecule has 5 nitrogen and oxygen atoms in total. The maximum Gasteiger partial charge on any atom is 0.219 e. The molecule has 1 N–H and O–H groups in total. The second-order valence-corrected chi connectivity index (χ2v) is 6.21. The molecule has 1 fully saturated rings. The number of ether oxygens (including phenoxy) is 1. The van der Waals surface area contributed by atoms with Crippen LogP contribution in [0.5, 0.6) is 5.75 Å². The minimum Gasteiger partial charge on any atom is -0.491 e. The molecule has 0 radical (unpaired) electrons. The van der Waals surface area contributed by atoms with Crippen molar-refractivity contribution in [2.45, 2.75) is 39.2 Å². The maximum absolute atomic E-state index is 11.4. The summed E-state index contributed by atoms with van der Waals surface area (Å²) in [7, 11) is 0. The van der Waals surface area contributed by atoms with E-state index in [9.17, 15) is 9.90 Å². The highest BCUT2D eigenvalue weighted by atomic mass is 16.5. The van der Waals surface area contributed by atoms with E-state index in [1.807, 2.05) is 43.0 Å². The zero-order valence-electron chi connectivity index (χ0n) is 14.4. The SMILES string of the molecule is CCC(O)(CC)COc1ccc(N2CCN(C(C)=O)CC2)cc1. The molecular weight excluding hydrogens is 292 g/mol. The highest BCUT2D eigenvalue weighted by Crippen LogP contribution is 2.23. The lowest BCUT2D eigenvalue weighted by atomic mass is 9.99. The molecule has 0 aromatic heterocycles. The molecule has 23 heavy (non-hydrogen) atoms. The average molecular weight is 320 g/mol. The largest absolute Gasteiger partial charge is 0.491 e. The van der Waals surface area contributed by atoms with Gasteiger partial charge >= 0.3 is 0 Å². The van der Waals surface area contributed by atoms with Crippen LogP contribution in [0.4, 0.5) is 5.69 Å². The Balaban J connectivity index is 1.89. The Morgan fingerprint density at radius 3 is 2.17 bits per heavy atom. The number of hydrogen-bond acceptors (Lipinski definition) is 4. The lowest BCUT2D eigenvalue weighted by Crippen LogP contribution is -2.48. The summed E-state index contributed by atoms with van der Waals surface area (Å²) in [5.74, 6) is 0.921. The van der Waals surface area contributed by atoms with E-state index in [0.717, 1.165) is 37.6 Å². The Bertz CT molecular complexity index is 504. The first kappa shape index (κ1) is 17.6. The molecule has 0 aliphatic carbocycles. The number of piperazine rings is 1. The van der Waals surface area contributed by atoms with E-state index in [0.29, 0.717) is 19.4 Å². The molecular formula is C18H28N2O3. The van der Waals surface area contributed by atoms with E-state index in [2.05, 4.69) is 4.90 Å². The number of hydrogen-bond donors (Lipinski definition) is 1. The molecule has 2 rings (SSSR count). The van der Waals surface area contributed by atoms with Crippen LogP contribution < -0.4 is 9.64 Å². The lowest BCUT2D eigenvalue weighted by Gasteiger charge is -2.35. The van der Waals surface area contributed by atoms with Crippen LogP contribution in [0.25, 0.3) is 0 Å².